The topological polar surface area (TPSA) is 103 Å². The maximum atomic E-state index is 11.5. The van der Waals surface area contributed by atoms with Crippen LogP contribution in [0.4, 0.5) is 11.6 Å². The van der Waals surface area contributed by atoms with E-state index in [1.807, 2.05) is 10.9 Å². The van der Waals surface area contributed by atoms with Crippen molar-refractivity contribution in [2.24, 2.45) is 5.73 Å². The Kier molecular flexibility index (Phi) is 3.47. The minimum Gasteiger partial charge on any atom is -0.382 e. The Hall–Kier alpha value is -2.57. The number of piperidine rings is 1. The minimum atomic E-state index is -0.444. The maximum Gasteiger partial charge on any atom is 0.252 e. The van der Waals surface area contributed by atoms with Gasteiger partial charge in [-0.2, -0.15) is 5.10 Å². The second kappa shape index (κ2) is 5.43. The van der Waals surface area contributed by atoms with Gasteiger partial charge in [-0.25, -0.2) is 4.98 Å². The van der Waals surface area contributed by atoms with Crippen LogP contribution in [0.3, 0.4) is 0 Å². The van der Waals surface area contributed by atoms with Gasteiger partial charge in [-0.1, -0.05) is 0 Å². The normalized spacial score (nSPS) is 16.1. The van der Waals surface area contributed by atoms with Crippen molar-refractivity contribution in [3.05, 3.63) is 36.2 Å². The lowest BCUT2D eigenvalue weighted by Gasteiger charge is -2.33. The Morgan fingerprint density at radius 1 is 1.29 bits per heavy atom. The third-order valence-corrected chi connectivity index (χ3v) is 3.82. The summed E-state index contributed by atoms with van der Waals surface area (Å²) in [6, 6.07) is 5.57. The van der Waals surface area contributed by atoms with E-state index in [9.17, 15) is 4.79 Å². The molecule has 2 aromatic rings. The Balaban J connectivity index is 1.73. The zero-order valence-corrected chi connectivity index (χ0v) is 11.6. The fourth-order valence-corrected chi connectivity index (χ4v) is 2.74. The molecule has 0 aromatic carbocycles. The molecular formula is C14H18N6O. The van der Waals surface area contributed by atoms with Crippen LogP contribution in [0.5, 0.6) is 0 Å². The first kappa shape index (κ1) is 13.4. The Bertz CT molecular complexity index is 644. The fraction of sp³-hybridized carbons (Fsp3) is 0.357. The summed E-state index contributed by atoms with van der Waals surface area (Å²) in [6.07, 6.45) is 5.44. The van der Waals surface area contributed by atoms with Gasteiger partial charge in [0, 0.05) is 25.5 Å². The molecule has 2 aromatic heterocycles. The van der Waals surface area contributed by atoms with E-state index in [0.29, 0.717) is 23.2 Å². The molecule has 0 spiro atoms. The molecule has 1 aliphatic heterocycles. The highest BCUT2D eigenvalue weighted by Gasteiger charge is 2.24. The van der Waals surface area contributed by atoms with E-state index in [-0.39, 0.29) is 0 Å². The summed E-state index contributed by atoms with van der Waals surface area (Å²) in [4.78, 5) is 17.9. The summed E-state index contributed by atoms with van der Waals surface area (Å²) < 4.78 is 1.92. The first-order valence-electron chi connectivity index (χ1n) is 6.95. The van der Waals surface area contributed by atoms with E-state index in [1.54, 1.807) is 24.4 Å². The van der Waals surface area contributed by atoms with Crippen molar-refractivity contribution in [1.29, 1.82) is 0 Å². The van der Waals surface area contributed by atoms with Gasteiger partial charge in [0.05, 0.1) is 11.6 Å². The second-order valence-corrected chi connectivity index (χ2v) is 5.18. The number of hydrogen-bond donors (Lipinski definition) is 2. The molecule has 1 fully saturated rings. The van der Waals surface area contributed by atoms with E-state index in [0.717, 1.165) is 25.9 Å². The maximum absolute atomic E-state index is 11.5. The Morgan fingerprint density at radius 3 is 2.67 bits per heavy atom. The number of amides is 1. The van der Waals surface area contributed by atoms with Gasteiger partial charge in [-0.15, -0.1) is 0 Å². The van der Waals surface area contributed by atoms with Crippen LogP contribution in [0, 0.1) is 0 Å². The van der Waals surface area contributed by atoms with E-state index in [1.165, 1.54) is 0 Å². The summed E-state index contributed by atoms with van der Waals surface area (Å²) in [6.45, 7) is 1.61. The van der Waals surface area contributed by atoms with Gasteiger partial charge in [0.15, 0.2) is 0 Å². The summed E-state index contributed by atoms with van der Waals surface area (Å²) >= 11 is 0. The molecule has 7 heteroatoms. The highest BCUT2D eigenvalue weighted by atomic mass is 16.1. The number of anilines is 2. The van der Waals surface area contributed by atoms with E-state index in [4.69, 9.17) is 11.5 Å². The lowest BCUT2D eigenvalue weighted by Crippen LogP contribution is -2.36. The van der Waals surface area contributed by atoms with Crippen LogP contribution in [0.25, 0.3) is 0 Å². The van der Waals surface area contributed by atoms with Crippen molar-refractivity contribution in [3.63, 3.8) is 0 Å². The first-order valence-corrected chi connectivity index (χ1v) is 6.95. The molecule has 0 unspecified atom stereocenters. The van der Waals surface area contributed by atoms with Crippen LogP contribution < -0.4 is 16.4 Å². The number of nitrogen functional groups attached to an aromatic ring is 1. The quantitative estimate of drug-likeness (QED) is 0.868. The van der Waals surface area contributed by atoms with E-state index >= 15 is 0 Å². The molecule has 1 aliphatic rings. The number of nitrogens with two attached hydrogens (primary N) is 2. The predicted octanol–water partition coefficient (Wildman–Crippen LogP) is 0.801. The average molecular weight is 286 g/mol. The predicted molar refractivity (Wildman–Crippen MR) is 79.9 cm³/mol. The molecule has 1 saturated heterocycles. The fourth-order valence-electron chi connectivity index (χ4n) is 2.74. The zero-order chi connectivity index (χ0) is 14.8. The molecule has 3 rings (SSSR count). The average Bonchev–Trinajstić information content (AvgIpc) is 2.94. The van der Waals surface area contributed by atoms with E-state index < -0.39 is 5.91 Å². The highest BCUT2D eigenvalue weighted by molar-refractivity contribution is 5.97. The van der Waals surface area contributed by atoms with E-state index in [2.05, 4.69) is 15.0 Å². The molecule has 7 nitrogen and oxygen atoms in total. The molecular weight excluding hydrogens is 268 g/mol. The van der Waals surface area contributed by atoms with Crippen molar-refractivity contribution in [3.8, 4) is 0 Å². The summed E-state index contributed by atoms with van der Waals surface area (Å²) in [7, 11) is 0. The lowest BCUT2D eigenvalue weighted by molar-refractivity contribution is 0.100. The van der Waals surface area contributed by atoms with Crippen LogP contribution in [0.1, 0.15) is 29.2 Å². The third-order valence-electron chi connectivity index (χ3n) is 3.82. The number of pyridine rings is 1. The molecule has 0 radical (unpaired) electrons. The van der Waals surface area contributed by atoms with Crippen molar-refractivity contribution in [1.82, 2.24) is 14.8 Å². The number of nitrogens with zero attached hydrogens (tertiary/aromatic N) is 4. The van der Waals surface area contributed by atoms with Gasteiger partial charge in [0.1, 0.15) is 11.6 Å². The number of aromatic nitrogens is 3. The largest absolute Gasteiger partial charge is 0.382 e. The molecule has 110 valence electrons. The number of primary amides is 1. The van der Waals surface area contributed by atoms with Crippen molar-refractivity contribution in [2.45, 2.75) is 18.9 Å². The van der Waals surface area contributed by atoms with Crippen LogP contribution in [-0.2, 0) is 0 Å². The highest BCUT2D eigenvalue weighted by Crippen LogP contribution is 2.27. The third kappa shape index (κ3) is 2.67. The molecule has 0 bridgehead atoms. The molecule has 21 heavy (non-hydrogen) atoms. The number of carbonyl (C=O) groups is 1. The summed E-state index contributed by atoms with van der Waals surface area (Å²) in [5.74, 6) is 0.765. The number of carbonyl (C=O) groups excluding carboxylic acids is 1. The number of rotatable bonds is 3. The molecule has 1 amide bonds. The van der Waals surface area contributed by atoms with Gasteiger partial charge in [-0.3, -0.25) is 9.48 Å². The molecule has 4 N–H and O–H groups in total. The molecule has 0 atom stereocenters. The molecule has 0 aliphatic carbocycles. The monoisotopic (exact) mass is 286 g/mol. The summed E-state index contributed by atoms with van der Waals surface area (Å²) in [5.41, 5.74) is 11.5. The standard InChI is InChI=1S/C14H18N6O/c15-12-5-9-20(18-12)10-3-7-19(8-4-10)14-11(13(16)21)2-1-6-17-14/h1-2,5-6,9-10H,3-4,7-8H2,(H2,15,18)(H2,16,21). The van der Waals surface area contributed by atoms with Crippen molar-refractivity contribution >= 4 is 17.5 Å². The summed E-state index contributed by atoms with van der Waals surface area (Å²) in [5, 5.41) is 4.26. The van der Waals surface area contributed by atoms with Crippen molar-refractivity contribution in [2.75, 3.05) is 23.7 Å². The van der Waals surface area contributed by atoms with Crippen LogP contribution in [0.15, 0.2) is 30.6 Å². The van der Waals surface area contributed by atoms with Crippen molar-refractivity contribution < 1.29 is 4.79 Å². The van der Waals surface area contributed by atoms with Gasteiger partial charge in [0.25, 0.3) is 5.91 Å². The first-order chi connectivity index (χ1) is 10.1. The van der Waals surface area contributed by atoms with Gasteiger partial charge in [-0.05, 0) is 31.0 Å². The zero-order valence-electron chi connectivity index (χ0n) is 11.6. The minimum absolute atomic E-state index is 0.333. The van der Waals surface area contributed by atoms with Gasteiger partial charge >= 0.3 is 0 Å². The number of hydrogen-bond acceptors (Lipinski definition) is 5. The smallest absolute Gasteiger partial charge is 0.252 e. The van der Waals surface area contributed by atoms with Crippen LogP contribution in [-0.4, -0.2) is 33.8 Å². The van der Waals surface area contributed by atoms with Gasteiger partial charge in [0.2, 0.25) is 0 Å². The lowest BCUT2D eigenvalue weighted by atomic mass is 10.0. The SMILES string of the molecule is NC(=O)c1cccnc1N1CCC(n2ccc(N)n2)CC1. The second-order valence-electron chi connectivity index (χ2n) is 5.18. The van der Waals surface area contributed by atoms with Crippen LogP contribution >= 0.6 is 0 Å². The Labute approximate surface area is 122 Å². The van der Waals surface area contributed by atoms with Gasteiger partial charge < -0.3 is 16.4 Å². The Morgan fingerprint density at radius 2 is 2.05 bits per heavy atom. The molecule has 3 heterocycles. The molecule has 0 saturated carbocycles. The van der Waals surface area contributed by atoms with Crippen LogP contribution in [0.2, 0.25) is 0 Å².